The molecular weight excluding hydrogens is 358 g/mol. The zero-order chi connectivity index (χ0) is 17.2. The summed E-state index contributed by atoms with van der Waals surface area (Å²) in [5.74, 6) is 2.53. The largest absolute Gasteiger partial charge is 0.461 e. The smallest absolute Gasteiger partial charge is 0.257 e. The van der Waals surface area contributed by atoms with Gasteiger partial charge < -0.3 is 8.83 Å². The Labute approximate surface area is 152 Å². The van der Waals surface area contributed by atoms with Crippen molar-refractivity contribution in [1.29, 1.82) is 0 Å². The van der Waals surface area contributed by atoms with E-state index in [2.05, 4.69) is 20.4 Å². The van der Waals surface area contributed by atoms with Crippen LogP contribution in [0.15, 0.2) is 49.9 Å². The Morgan fingerprint density at radius 3 is 2.84 bits per heavy atom. The van der Waals surface area contributed by atoms with Crippen molar-refractivity contribution in [2.75, 3.05) is 0 Å². The van der Waals surface area contributed by atoms with Gasteiger partial charge in [-0.2, -0.15) is 0 Å². The van der Waals surface area contributed by atoms with Crippen LogP contribution in [0.25, 0.3) is 22.4 Å². The maximum Gasteiger partial charge on any atom is 0.257 e. The van der Waals surface area contributed by atoms with Crippen molar-refractivity contribution in [3.63, 3.8) is 0 Å². The predicted molar refractivity (Wildman–Crippen MR) is 95.3 cm³/mol. The summed E-state index contributed by atoms with van der Waals surface area (Å²) >= 11 is 3.10. The number of aromatic nitrogens is 5. The molecule has 128 valence electrons. The summed E-state index contributed by atoms with van der Waals surface area (Å²) in [6.45, 7) is 4.80. The summed E-state index contributed by atoms with van der Waals surface area (Å²) in [4.78, 5) is 0.966. The van der Waals surface area contributed by atoms with E-state index >= 15 is 0 Å². The van der Waals surface area contributed by atoms with Crippen molar-refractivity contribution in [3.8, 4) is 22.4 Å². The number of furan rings is 1. The van der Waals surface area contributed by atoms with Crippen LogP contribution in [0.5, 0.6) is 0 Å². The van der Waals surface area contributed by atoms with E-state index in [-0.39, 0.29) is 5.25 Å². The topological polar surface area (TPSA) is 82.8 Å². The van der Waals surface area contributed by atoms with Crippen molar-refractivity contribution in [1.82, 2.24) is 25.0 Å². The summed E-state index contributed by atoms with van der Waals surface area (Å²) in [5, 5.41) is 19.6. The molecule has 0 bridgehead atoms. The maximum absolute atomic E-state index is 5.81. The molecule has 0 aliphatic carbocycles. The average Bonchev–Trinajstić information content (AvgIpc) is 3.40. The number of thioether (sulfide) groups is 1. The predicted octanol–water partition coefficient (Wildman–Crippen LogP) is 4.52. The lowest BCUT2D eigenvalue weighted by atomic mass is 10.4. The first-order valence-electron chi connectivity index (χ1n) is 7.77. The molecule has 0 saturated heterocycles. The first kappa shape index (κ1) is 16.1. The van der Waals surface area contributed by atoms with E-state index in [0.29, 0.717) is 23.4 Å². The molecule has 0 fully saturated rings. The number of thiophene rings is 1. The highest BCUT2D eigenvalue weighted by molar-refractivity contribution is 7.99. The number of nitrogens with zero attached hydrogens (tertiary/aromatic N) is 5. The molecule has 1 atom stereocenters. The molecule has 0 amide bonds. The molecule has 4 rings (SSSR count). The average molecular weight is 373 g/mol. The van der Waals surface area contributed by atoms with Crippen molar-refractivity contribution >= 4 is 23.1 Å². The van der Waals surface area contributed by atoms with Crippen LogP contribution < -0.4 is 0 Å². The molecule has 7 nitrogen and oxygen atoms in total. The van der Waals surface area contributed by atoms with Gasteiger partial charge in [0.05, 0.1) is 16.4 Å². The minimum absolute atomic E-state index is 0.0415. The standard InChI is InChI=1S/C16H15N5O2S2/c1-3-21-13(11-6-4-8-22-11)17-20-16(21)25-10(2)14-18-19-15(23-14)12-7-5-9-24-12/h4-10H,3H2,1-2H3. The summed E-state index contributed by atoms with van der Waals surface area (Å²) in [6.07, 6.45) is 1.63. The van der Waals surface area contributed by atoms with Gasteiger partial charge in [-0.3, -0.25) is 4.57 Å². The lowest BCUT2D eigenvalue weighted by Gasteiger charge is -2.08. The molecule has 9 heteroatoms. The molecule has 1 unspecified atom stereocenters. The Hall–Kier alpha value is -2.39. The van der Waals surface area contributed by atoms with Crippen LogP contribution in [0.1, 0.15) is 25.0 Å². The third-order valence-corrected chi connectivity index (χ3v) is 5.50. The monoisotopic (exact) mass is 373 g/mol. The molecule has 25 heavy (non-hydrogen) atoms. The van der Waals surface area contributed by atoms with Crippen LogP contribution in [0, 0.1) is 0 Å². The third kappa shape index (κ3) is 3.12. The first-order chi connectivity index (χ1) is 12.3. The second kappa shape index (κ2) is 6.85. The molecule has 0 spiro atoms. The fourth-order valence-electron chi connectivity index (χ4n) is 2.36. The van der Waals surface area contributed by atoms with E-state index in [1.165, 1.54) is 11.8 Å². The van der Waals surface area contributed by atoms with Gasteiger partial charge >= 0.3 is 0 Å². The summed E-state index contributed by atoms with van der Waals surface area (Å²) < 4.78 is 13.3. The zero-order valence-electron chi connectivity index (χ0n) is 13.6. The van der Waals surface area contributed by atoms with Gasteiger partial charge in [0.1, 0.15) is 0 Å². The Morgan fingerprint density at radius 1 is 1.20 bits per heavy atom. The Bertz CT molecular complexity index is 943. The van der Waals surface area contributed by atoms with E-state index in [0.717, 1.165) is 16.6 Å². The van der Waals surface area contributed by atoms with E-state index in [4.69, 9.17) is 8.83 Å². The molecular formula is C16H15N5O2S2. The molecule has 4 heterocycles. The van der Waals surface area contributed by atoms with Gasteiger partial charge in [0.15, 0.2) is 16.7 Å². The van der Waals surface area contributed by atoms with Crippen molar-refractivity contribution in [3.05, 3.63) is 41.8 Å². The molecule has 0 aliphatic heterocycles. The van der Waals surface area contributed by atoms with Crippen LogP contribution in [-0.4, -0.2) is 25.0 Å². The first-order valence-corrected chi connectivity index (χ1v) is 9.53. The minimum Gasteiger partial charge on any atom is -0.461 e. The Kier molecular flexibility index (Phi) is 4.41. The van der Waals surface area contributed by atoms with Gasteiger partial charge in [0, 0.05) is 6.54 Å². The van der Waals surface area contributed by atoms with Crippen molar-refractivity contribution in [2.24, 2.45) is 0 Å². The number of hydrogen-bond donors (Lipinski definition) is 0. The van der Waals surface area contributed by atoms with Crippen molar-refractivity contribution in [2.45, 2.75) is 30.8 Å². The highest BCUT2D eigenvalue weighted by Crippen LogP contribution is 2.36. The summed E-state index contributed by atoms with van der Waals surface area (Å²) in [5.41, 5.74) is 0. The SMILES string of the molecule is CCn1c(SC(C)c2nnc(-c3cccs3)o2)nnc1-c1ccco1. The molecule has 0 N–H and O–H groups in total. The fourth-order valence-corrected chi connectivity index (χ4v) is 3.94. The van der Waals surface area contributed by atoms with Gasteiger partial charge in [0.25, 0.3) is 5.89 Å². The third-order valence-electron chi connectivity index (χ3n) is 3.58. The molecule has 0 aliphatic rings. The lowest BCUT2D eigenvalue weighted by molar-refractivity contribution is 0.509. The number of rotatable bonds is 6. The normalized spacial score (nSPS) is 12.6. The van der Waals surface area contributed by atoms with Gasteiger partial charge in [-0.05, 0) is 37.4 Å². The van der Waals surface area contributed by atoms with E-state index < -0.39 is 0 Å². The highest BCUT2D eigenvalue weighted by atomic mass is 32.2. The lowest BCUT2D eigenvalue weighted by Crippen LogP contribution is -2.00. The minimum atomic E-state index is -0.0415. The van der Waals surface area contributed by atoms with Gasteiger partial charge in [-0.15, -0.1) is 31.7 Å². The zero-order valence-corrected chi connectivity index (χ0v) is 15.3. The van der Waals surface area contributed by atoms with Crippen molar-refractivity contribution < 1.29 is 8.83 Å². The summed E-state index contributed by atoms with van der Waals surface area (Å²) in [6, 6.07) is 7.63. The quantitative estimate of drug-likeness (QED) is 0.459. The Balaban J connectivity index is 1.56. The Morgan fingerprint density at radius 2 is 2.12 bits per heavy atom. The summed E-state index contributed by atoms with van der Waals surface area (Å²) in [7, 11) is 0. The molecule has 4 aromatic heterocycles. The van der Waals surface area contributed by atoms with E-state index in [1.807, 2.05) is 48.1 Å². The second-order valence-electron chi connectivity index (χ2n) is 5.21. The maximum atomic E-state index is 5.81. The van der Waals surface area contributed by atoms with E-state index in [9.17, 15) is 0 Å². The van der Waals surface area contributed by atoms with E-state index in [1.54, 1.807) is 17.6 Å². The number of hydrogen-bond acceptors (Lipinski definition) is 8. The fraction of sp³-hybridized carbons (Fsp3) is 0.250. The second-order valence-corrected chi connectivity index (χ2v) is 7.47. The molecule has 0 saturated carbocycles. The van der Waals surface area contributed by atoms with Crippen LogP contribution in [0.2, 0.25) is 0 Å². The molecule has 0 radical (unpaired) electrons. The van der Waals surface area contributed by atoms with Crippen LogP contribution in [-0.2, 0) is 6.54 Å². The van der Waals surface area contributed by atoms with Crippen LogP contribution in [0.4, 0.5) is 0 Å². The van der Waals surface area contributed by atoms with Gasteiger partial charge in [-0.25, -0.2) is 0 Å². The van der Waals surface area contributed by atoms with Crippen LogP contribution in [0.3, 0.4) is 0 Å². The van der Waals surface area contributed by atoms with Gasteiger partial charge in [0.2, 0.25) is 5.89 Å². The molecule has 0 aromatic carbocycles. The van der Waals surface area contributed by atoms with Crippen LogP contribution >= 0.6 is 23.1 Å². The van der Waals surface area contributed by atoms with Gasteiger partial charge in [-0.1, -0.05) is 17.8 Å². The highest BCUT2D eigenvalue weighted by Gasteiger charge is 2.21. The molecule has 4 aromatic rings.